The lowest BCUT2D eigenvalue weighted by molar-refractivity contribution is -0.870. The molecule has 0 heterocycles. The smallest absolute Gasteiger partial charge is 0.456 e. The summed E-state index contributed by atoms with van der Waals surface area (Å²) in [5, 5.41) is 3.05. The molecule has 0 saturated heterocycles. The van der Waals surface area contributed by atoms with Gasteiger partial charge in [0.2, 0.25) is 5.91 Å². The van der Waals surface area contributed by atoms with Crippen molar-refractivity contribution in [3.05, 3.63) is 85.1 Å². The molecule has 0 fully saturated rings. The quantitative estimate of drug-likeness (QED) is 0.0205. The molecule has 0 aliphatic rings. The van der Waals surface area contributed by atoms with Crippen LogP contribution in [0.25, 0.3) is 0 Å². The Bertz CT molecular complexity index is 1660. The highest BCUT2D eigenvalue weighted by Gasteiger charge is 2.30. The summed E-state index contributed by atoms with van der Waals surface area (Å²) < 4.78 is 30.7. The second-order valence-corrected chi connectivity index (χ2v) is 25.4. The van der Waals surface area contributed by atoms with E-state index >= 15 is 0 Å². The van der Waals surface area contributed by atoms with Gasteiger partial charge in [-0.2, -0.15) is 0 Å². The Labute approximate surface area is 501 Å². The molecule has 0 spiro atoms. The molecule has 0 aliphatic carbocycles. The Kier molecular flexibility index (Phi) is 58.2. The number of quaternary nitrogens is 1. The lowest BCUT2D eigenvalue weighted by atomic mass is 10.0. The van der Waals surface area contributed by atoms with Crippen molar-refractivity contribution >= 4 is 19.7 Å². The molecule has 1 amide bonds. The summed E-state index contributed by atoms with van der Waals surface area (Å²) in [5.41, 5.74) is 0. The maximum Gasteiger partial charge on any atom is 0.472 e. The fourth-order valence-corrected chi connectivity index (χ4v) is 10.4. The molecular weight excluding hydrogens is 1020 g/mol. The first kappa shape index (κ1) is 78.2. The van der Waals surface area contributed by atoms with Gasteiger partial charge in [0.25, 0.3) is 0 Å². The van der Waals surface area contributed by atoms with E-state index in [2.05, 4.69) is 99.0 Å². The number of ether oxygens (including phenoxy) is 1. The summed E-state index contributed by atoms with van der Waals surface area (Å²) in [5.74, 6) is -0.528. The van der Waals surface area contributed by atoms with E-state index in [-0.39, 0.29) is 31.5 Å². The molecule has 3 atom stereocenters. The fourth-order valence-electron chi connectivity index (χ4n) is 9.65. The van der Waals surface area contributed by atoms with Crippen molar-refractivity contribution in [2.24, 2.45) is 0 Å². The molecule has 0 radical (unpaired) electrons. The number of unbranched alkanes of at least 4 members (excludes halogenated alkanes) is 33. The van der Waals surface area contributed by atoms with Gasteiger partial charge in [-0.05, 0) is 83.1 Å². The fraction of sp³-hybridized carbons (Fsp3) is 0.775. The van der Waals surface area contributed by atoms with Crippen LogP contribution in [-0.4, -0.2) is 74.3 Å². The monoisotopic (exact) mass is 1150 g/mol. The summed E-state index contributed by atoms with van der Waals surface area (Å²) in [6, 6.07) is -0.865. The first-order valence-electron chi connectivity index (χ1n) is 33.9. The summed E-state index contributed by atoms with van der Waals surface area (Å²) in [6.07, 6.45) is 80.2. The average Bonchev–Trinajstić information content (AvgIpc) is 3.43. The minimum Gasteiger partial charge on any atom is -0.456 e. The predicted molar refractivity (Wildman–Crippen MR) is 351 cm³/mol. The molecule has 0 bridgehead atoms. The number of rotatable bonds is 61. The van der Waals surface area contributed by atoms with Crippen molar-refractivity contribution in [2.75, 3.05) is 40.9 Å². The van der Waals surface area contributed by atoms with Crippen molar-refractivity contribution in [2.45, 2.75) is 315 Å². The molecule has 2 N–H and O–H groups in total. The van der Waals surface area contributed by atoms with Crippen molar-refractivity contribution < 1.29 is 37.3 Å². The summed E-state index contributed by atoms with van der Waals surface area (Å²) in [6.45, 7) is 6.90. The summed E-state index contributed by atoms with van der Waals surface area (Å²) in [4.78, 5) is 37.8. The Morgan fingerprint density at radius 2 is 0.790 bits per heavy atom. The number of nitrogens with zero attached hydrogens (tertiary/aromatic N) is 1. The molecule has 0 aromatic carbocycles. The van der Waals surface area contributed by atoms with Gasteiger partial charge in [0.05, 0.1) is 33.8 Å². The molecular formula is C71H130N2O7P+. The molecule has 0 aromatic heterocycles. The van der Waals surface area contributed by atoms with Crippen LogP contribution in [-0.2, 0) is 27.9 Å². The van der Waals surface area contributed by atoms with Gasteiger partial charge in [-0.25, -0.2) is 4.57 Å². The van der Waals surface area contributed by atoms with Gasteiger partial charge in [0.15, 0.2) is 0 Å². The standard InChI is InChI=1S/C71H129N2O7P/c1-7-10-13-16-19-22-25-27-29-31-33-35-36-38-39-41-43-45-48-51-54-57-60-63-70(74)72-68(67-79-81(76,77)78-66-65-73(4,5)6)69(62-59-56-53-50-47-24-21-18-15-12-9-3)80-71(75)64-61-58-55-52-49-46-44-42-40-37-34-32-30-28-26-23-20-17-14-11-8-2/h10,13,19,22,27,29,33,35,38-39,43,45,59,62,68-69H,7-9,11-12,14-18,20-21,23-26,28,30-32,34,36-37,40-42,44,46-58,60-61,63-67H2,1-6H3,(H-,72,74,76,77)/p+1/b13-10-,22-19-,29-27-,35-33-,39-38-,45-43-,62-59+. The second kappa shape index (κ2) is 60.3. The maximum absolute atomic E-state index is 13.6. The third kappa shape index (κ3) is 61.6. The van der Waals surface area contributed by atoms with Gasteiger partial charge in [0, 0.05) is 12.8 Å². The van der Waals surface area contributed by atoms with E-state index in [1.165, 1.54) is 161 Å². The first-order valence-corrected chi connectivity index (χ1v) is 35.4. The number of carbonyl (C=O) groups is 2. The molecule has 0 saturated carbocycles. The number of nitrogens with one attached hydrogen (secondary N) is 1. The second-order valence-electron chi connectivity index (χ2n) is 24.0. The molecule has 10 heteroatoms. The highest BCUT2D eigenvalue weighted by atomic mass is 31.2. The minimum absolute atomic E-state index is 0.0327. The number of hydrogen-bond acceptors (Lipinski definition) is 6. The largest absolute Gasteiger partial charge is 0.472 e. The van der Waals surface area contributed by atoms with E-state index in [1.54, 1.807) is 0 Å². The van der Waals surface area contributed by atoms with E-state index in [9.17, 15) is 19.0 Å². The third-order valence-electron chi connectivity index (χ3n) is 14.8. The predicted octanol–water partition coefficient (Wildman–Crippen LogP) is 21.3. The number of phosphoric acid groups is 1. The Balaban J connectivity index is 5.15. The topological polar surface area (TPSA) is 111 Å². The zero-order valence-corrected chi connectivity index (χ0v) is 54.7. The highest BCUT2D eigenvalue weighted by Crippen LogP contribution is 2.43. The van der Waals surface area contributed by atoms with Gasteiger partial charge >= 0.3 is 13.8 Å². The van der Waals surface area contributed by atoms with Crippen LogP contribution in [0.3, 0.4) is 0 Å². The number of phosphoric ester groups is 1. The van der Waals surface area contributed by atoms with Crippen molar-refractivity contribution in [3.63, 3.8) is 0 Å². The van der Waals surface area contributed by atoms with E-state index < -0.39 is 20.0 Å². The van der Waals surface area contributed by atoms with E-state index in [4.69, 9.17) is 13.8 Å². The van der Waals surface area contributed by atoms with Gasteiger partial charge in [-0.1, -0.05) is 292 Å². The first-order chi connectivity index (χ1) is 39.4. The number of carbonyl (C=O) groups excluding carboxylic acids is 2. The summed E-state index contributed by atoms with van der Waals surface area (Å²) in [7, 11) is 1.48. The zero-order valence-electron chi connectivity index (χ0n) is 53.8. The Morgan fingerprint density at radius 1 is 0.444 bits per heavy atom. The number of allylic oxidation sites excluding steroid dienone is 13. The third-order valence-corrected chi connectivity index (χ3v) is 15.8. The van der Waals surface area contributed by atoms with E-state index in [1.807, 2.05) is 33.3 Å². The Morgan fingerprint density at radius 3 is 1.19 bits per heavy atom. The lowest BCUT2D eigenvalue weighted by Crippen LogP contribution is -2.47. The SMILES string of the molecule is CC/C=C\C/C=C\C/C=C\C/C=C\C/C=C\C/C=C\CCCCCCC(=O)NC(COP(=O)(O)OCC[N+](C)(C)C)C(/C=C/CCCCCCCCCCC)OC(=O)CCCCCCCCCCCCCCCCCCCCCCC. The molecule has 81 heavy (non-hydrogen) atoms. The lowest BCUT2D eigenvalue weighted by Gasteiger charge is -2.27. The molecule has 0 aromatic rings. The Hall–Kier alpha value is -2.81. The normalized spacial score (nSPS) is 14.1. The molecule has 0 aliphatic heterocycles. The van der Waals surface area contributed by atoms with Crippen LogP contribution in [0.4, 0.5) is 0 Å². The van der Waals surface area contributed by atoms with Gasteiger partial charge in [-0.15, -0.1) is 0 Å². The van der Waals surface area contributed by atoms with Crippen LogP contribution in [0.2, 0.25) is 0 Å². The van der Waals surface area contributed by atoms with E-state index in [0.717, 1.165) is 103 Å². The molecule has 9 nitrogen and oxygen atoms in total. The van der Waals surface area contributed by atoms with E-state index in [0.29, 0.717) is 23.9 Å². The van der Waals surface area contributed by atoms with Crippen LogP contribution in [0, 0.1) is 0 Å². The number of esters is 1. The maximum atomic E-state index is 13.6. The number of hydrogen-bond donors (Lipinski definition) is 2. The minimum atomic E-state index is -4.46. The summed E-state index contributed by atoms with van der Waals surface area (Å²) >= 11 is 0. The van der Waals surface area contributed by atoms with Gasteiger partial charge in [-0.3, -0.25) is 18.6 Å². The van der Waals surface area contributed by atoms with Crippen LogP contribution in [0.1, 0.15) is 303 Å². The number of likely N-dealkylation sites (N-methyl/N-ethyl adjacent to an activating group) is 1. The zero-order chi connectivity index (χ0) is 59.3. The van der Waals surface area contributed by atoms with Crippen molar-refractivity contribution in [1.29, 1.82) is 0 Å². The van der Waals surface area contributed by atoms with Crippen LogP contribution < -0.4 is 5.32 Å². The number of amides is 1. The van der Waals surface area contributed by atoms with Crippen LogP contribution in [0.15, 0.2) is 85.1 Å². The van der Waals surface area contributed by atoms with Crippen LogP contribution in [0.5, 0.6) is 0 Å². The molecule has 0 rings (SSSR count). The van der Waals surface area contributed by atoms with Crippen molar-refractivity contribution in [1.82, 2.24) is 5.32 Å². The van der Waals surface area contributed by atoms with Crippen molar-refractivity contribution in [3.8, 4) is 0 Å². The van der Waals surface area contributed by atoms with Gasteiger partial charge < -0.3 is 19.4 Å². The molecule has 3 unspecified atom stereocenters. The highest BCUT2D eigenvalue weighted by molar-refractivity contribution is 7.47. The average molecular weight is 1150 g/mol. The van der Waals surface area contributed by atoms with Crippen LogP contribution >= 0.6 is 7.82 Å². The van der Waals surface area contributed by atoms with Gasteiger partial charge in [0.1, 0.15) is 19.3 Å². The molecule has 470 valence electrons.